The van der Waals surface area contributed by atoms with Gasteiger partial charge in [0, 0.05) is 18.4 Å². The van der Waals surface area contributed by atoms with Gasteiger partial charge in [-0.15, -0.1) is 5.10 Å². The van der Waals surface area contributed by atoms with Crippen molar-refractivity contribution in [2.75, 3.05) is 13.2 Å². The molecule has 1 saturated carbocycles. The van der Waals surface area contributed by atoms with Gasteiger partial charge in [-0.1, -0.05) is 16.8 Å². The molecule has 1 aliphatic carbocycles. The normalized spacial score (nSPS) is 23.4. The summed E-state index contributed by atoms with van der Waals surface area (Å²) >= 11 is 6.20. The summed E-state index contributed by atoms with van der Waals surface area (Å²) in [6, 6.07) is 0. The third-order valence-electron chi connectivity index (χ3n) is 3.97. The van der Waals surface area contributed by atoms with Crippen LogP contribution in [0.25, 0.3) is 11.2 Å². The molecule has 0 aromatic carbocycles. The fraction of sp³-hybridized carbons (Fsp3) is 0.692. The molecule has 1 unspecified atom stereocenters. The maximum Gasteiger partial charge on any atom is 0.183 e. The molecule has 1 aliphatic heterocycles. The highest BCUT2D eigenvalue weighted by Gasteiger charge is 2.28. The second kappa shape index (κ2) is 4.93. The standard InChI is InChI=1S/C13H16ClN5O/c14-11-10-13(16-12(15-11)9-3-4-9)19(18-17-10)6-8-2-1-5-20-7-8/h8-9H,1-7H2. The molecule has 2 aliphatic rings. The largest absolute Gasteiger partial charge is 0.381 e. The summed E-state index contributed by atoms with van der Waals surface area (Å²) in [6.45, 7) is 2.44. The number of ether oxygens (including phenoxy) is 1. The van der Waals surface area contributed by atoms with Gasteiger partial charge in [-0.2, -0.15) is 0 Å². The molecule has 0 amide bonds. The number of fused-ring (bicyclic) bond motifs is 1. The first-order valence-electron chi connectivity index (χ1n) is 7.15. The van der Waals surface area contributed by atoms with Gasteiger partial charge < -0.3 is 4.74 Å². The van der Waals surface area contributed by atoms with E-state index in [1.807, 2.05) is 4.68 Å². The molecule has 0 bridgehead atoms. The Kier molecular flexibility index (Phi) is 3.07. The van der Waals surface area contributed by atoms with Crippen LogP contribution in [0.2, 0.25) is 5.15 Å². The van der Waals surface area contributed by atoms with Gasteiger partial charge in [-0.25, -0.2) is 14.6 Å². The molecular weight excluding hydrogens is 278 g/mol. The molecule has 0 radical (unpaired) electrons. The topological polar surface area (TPSA) is 65.7 Å². The van der Waals surface area contributed by atoms with Gasteiger partial charge in [-0.3, -0.25) is 0 Å². The Labute approximate surface area is 121 Å². The summed E-state index contributed by atoms with van der Waals surface area (Å²) < 4.78 is 7.37. The monoisotopic (exact) mass is 293 g/mol. The smallest absolute Gasteiger partial charge is 0.183 e. The van der Waals surface area contributed by atoms with Gasteiger partial charge in [0.2, 0.25) is 0 Å². The predicted molar refractivity (Wildman–Crippen MR) is 73.6 cm³/mol. The lowest BCUT2D eigenvalue weighted by Crippen LogP contribution is -2.22. The second-order valence-corrected chi connectivity index (χ2v) is 6.03. The Morgan fingerprint density at radius 1 is 1.25 bits per heavy atom. The fourth-order valence-corrected chi connectivity index (χ4v) is 2.89. The van der Waals surface area contributed by atoms with E-state index in [4.69, 9.17) is 16.3 Å². The molecule has 2 fully saturated rings. The average molecular weight is 294 g/mol. The molecule has 6 nitrogen and oxygen atoms in total. The molecule has 7 heteroatoms. The highest BCUT2D eigenvalue weighted by molar-refractivity contribution is 6.33. The summed E-state index contributed by atoms with van der Waals surface area (Å²) in [6.07, 6.45) is 4.58. The van der Waals surface area contributed by atoms with Crippen molar-refractivity contribution in [3.63, 3.8) is 0 Å². The van der Waals surface area contributed by atoms with E-state index < -0.39 is 0 Å². The van der Waals surface area contributed by atoms with Gasteiger partial charge in [-0.05, 0) is 25.7 Å². The van der Waals surface area contributed by atoms with Crippen molar-refractivity contribution in [1.82, 2.24) is 25.0 Å². The Balaban J connectivity index is 1.67. The molecule has 106 valence electrons. The minimum absolute atomic E-state index is 0.419. The maximum atomic E-state index is 6.20. The number of nitrogens with zero attached hydrogens (tertiary/aromatic N) is 5. The third kappa shape index (κ3) is 2.27. The van der Waals surface area contributed by atoms with Crippen LogP contribution in [0.4, 0.5) is 0 Å². The molecule has 1 atom stereocenters. The van der Waals surface area contributed by atoms with Crippen molar-refractivity contribution >= 4 is 22.8 Å². The molecule has 0 spiro atoms. The summed E-state index contributed by atoms with van der Waals surface area (Å²) in [4.78, 5) is 8.96. The van der Waals surface area contributed by atoms with E-state index in [0.717, 1.165) is 56.9 Å². The van der Waals surface area contributed by atoms with Crippen LogP contribution in [0.5, 0.6) is 0 Å². The van der Waals surface area contributed by atoms with E-state index in [1.54, 1.807) is 0 Å². The van der Waals surface area contributed by atoms with E-state index in [-0.39, 0.29) is 0 Å². The number of hydrogen-bond acceptors (Lipinski definition) is 5. The van der Waals surface area contributed by atoms with Crippen LogP contribution in [-0.2, 0) is 11.3 Å². The highest BCUT2D eigenvalue weighted by Crippen LogP contribution is 2.39. The third-order valence-corrected chi connectivity index (χ3v) is 4.23. The van der Waals surface area contributed by atoms with Gasteiger partial charge in [0.1, 0.15) is 5.82 Å². The molecule has 2 aromatic rings. The Morgan fingerprint density at radius 3 is 2.90 bits per heavy atom. The summed E-state index contributed by atoms with van der Waals surface area (Å²) in [5, 5.41) is 8.73. The van der Waals surface area contributed by atoms with E-state index in [9.17, 15) is 0 Å². The highest BCUT2D eigenvalue weighted by atomic mass is 35.5. The van der Waals surface area contributed by atoms with Crippen LogP contribution in [-0.4, -0.2) is 38.2 Å². The maximum absolute atomic E-state index is 6.20. The quantitative estimate of drug-likeness (QED) is 0.812. The Bertz CT molecular complexity index is 633. The molecule has 1 saturated heterocycles. The zero-order chi connectivity index (χ0) is 13.5. The molecule has 0 N–H and O–H groups in total. The van der Waals surface area contributed by atoms with Gasteiger partial charge in [0.15, 0.2) is 16.3 Å². The molecule has 20 heavy (non-hydrogen) atoms. The minimum Gasteiger partial charge on any atom is -0.381 e. The van der Waals surface area contributed by atoms with Gasteiger partial charge in [0.05, 0.1) is 13.2 Å². The number of hydrogen-bond donors (Lipinski definition) is 0. The SMILES string of the molecule is Clc1nc(C2CC2)nc2c1nnn2CC1CCCOC1. The lowest BCUT2D eigenvalue weighted by molar-refractivity contribution is 0.0472. The molecule has 3 heterocycles. The van der Waals surface area contributed by atoms with Crippen LogP contribution in [0.1, 0.15) is 37.4 Å². The van der Waals surface area contributed by atoms with Crippen molar-refractivity contribution < 1.29 is 4.74 Å². The van der Waals surface area contributed by atoms with Gasteiger partial charge in [0.25, 0.3) is 0 Å². The Morgan fingerprint density at radius 2 is 2.15 bits per heavy atom. The molecule has 4 rings (SSSR count). The zero-order valence-corrected chi connectivity index (χ0v) is 11.9. The first-order chi connectivity index (χ1) is 9.81. The lowest BCUT2D eigenvalue weighted by Gasteiger charge is -2.21. The number of halogens is 1. The van der Waals surface area contributed by atoms with Crippen LogP contribution in [0.3, 0.4) is 0 Å². The van der Waals surface area contributed by atoms with Gasteiger partial charge >= 0.3 is 0 Å². The number of rotatable bonds is 3. The number of aromatic nitrogens is 5. The van der Waals surface area contributed by atoms with Crippen molar-refractivity contribution in [2.24, 2.45) is 5.92 Å². The Hall–Kier alpha value is -1.27. The van der Waals surface area contributed by atoms with Crippen molar-refractivity contribution in [3.8, 4) is 0 Å². The summed E-state index contributed by atoms with van der Waals surface area (Å²) in [5.74, 6) is 1.79. The van der Waals surface area contributed by atoms with Crippen LogP contribution >= 0.6 is 11.6 Å². The van der Waals surface area contributed by atoms with E-state index in [1.165, 1.54) is 0 Å². The summed E-state index contributed by atoms with van der Waals surface area (Å²) in [7, 11) is 0. The van der Waals surface area contributed by atoms with Crippen LogP contribution in [0.15, 0.2) is 0 Å². The van der Waals surface area contributed by atoms with Crippen LogP contribution < -0.4 is 0 Å². The van der Waals surface area contributed by atoms with Crippen molar-refractivity contribution in [1.29, 1.82) is 0 Å². The molecule has 2 aromatic heterocycles. The minimum atomic E-state index is 0.419. The zero-order valence-electron chi connectivity index (χ0n) is 11.1. The van der Waals surface area contributed by atoms with Crippen molar-refractivity contribution in [2.45, 2.75) is 38.1 Å². The first-order valence-corrected chi connectivity index (χ1v) is 7.53. The molecular formula is C13H16ClN5O. The van der Waals surface area contributed by atoms with E-state index in [2.05, 4.69) is 20.3 Å². The van der Waals surface area contributed by atoms with Crippen molar-refractivity contribution in [3.05, 3.63) is 11.0 Å². The first kappa shape index (κ1) is 12.5. The predicted octanol–water partition coefficient (Wildman–Crippen LogP) is 2.18. The van der Waals surface area contributed by atoms with Crippen LogP contribution in [0, 0.1) is 5.92 Å². The average Bonchev–Trinajstić information content (AvgIpc) is 3.24. The van der Waals surface area contributed by atoms with E-state index >= 15 is 0 Å². The van der Waals surface area contributed by atoms with E-state index in [0.29, 0.717) is 22.5 Å². The second-order valence-electron chi connectivity index (χ2n) is 5.67. The summed E-state index contributed by atoms with van der Waals surface area (Å²) in [5.41, 5.74) is 1.37. The fourth-order valence-electron chi connectivity index (χ4n) is 2.68. The lowest BCUT2D eigenvalue weighted by atomic mass is 10.0.